The molecule has 0 saturated heterocycles. The van der Waals surface area contributed by atoms with Gasteiger partial charge in [0.05, 0.1) is 5.69 Å². The summed E-state index contributed by atoms with van der Waals surface area (Å²) >= 11 is 0. The number of benzene rings is 2. The SMILES string of the molecule is CC(=O)OC1(C(F)(F)F)C(=O)N(c2ccccc2)c2ccccc21. The van der Waals surface area contributed by atoms with E-state index < -0.39 is 29.2 Å². The van der Waals surface area contributed by atoms with E-state index in [1.807, 2.05) is 0 Å². The highest BCUT2D eigenvalue weighted by Gasteiger charge is 2.70. The fourth-order valence-electron chi connectivity index (χ4n) is 2.83. The highest BCUT2D eigenvalue weighted by molar-refractivity contribution is 6.13. The van der Waals surface area contributed by atoms with Crippen molar-refractivity contribution in [3.63, 3.8) is 0 Å². The van der Waals surface area contributed by atoms with Gasteiger partial charge in [-0.2, -0.15) is 13.2 Å². The number of hydrogen-bond acceptors (Lipinski definition) is 3. The van der Waals surface area contributed by atoms with Gasteiger partial charge in [-0.15, -0.1) is 0 Å². The molecular formula is C17H12F3NO3. The largest absolute Gasteiger partial charge is 0.442 e. The smallest absolute Gasteiger partial charge is 0.434 e. The lowest BCUT2D eigenvalue weighted by atomic mass is 9.94. The van der Waals surface area contributed by atoms with E-state index in [9.17, 15) is 22.8 Å². The average molecular weight is 335 g/mol. The quantitative estimate of drug-likeness (QED) is 0.787. The molecule has 0 spiro atoms. The molecule has 1 amide bonds. The van der Waals surface area contributed by atoms with E-state index in [0.29, 0.717) is 0 Å². The van der Waals surface area contributed by atoms with Crippen LogP contribution in [0, 0.1) is 0 Å². The second-order valence-corrected chi connectivity index (χ2v) is 5.27. The molecule has 0 fully saturated rings. The maximum Gasteiger partial charge on any atom is 0.442 e. The maximum absolute atomic E-state index is 13.9. The van der Waals surface area contributed by atoms with Crippen molar-refractivity contribution >= 4 is 23.3 Å². The van der Waals surface area contributed by atoms with Gasteiger partial charge in [-0.05, 0) is 18.2 Å². The third-order valence-corrected chi connectivity index (χ3v) is 3.74. The molecule has 3 rings (SSSR count). The number of nitrogens with zero attached hydrogens (tertiary/aromatic N) is 1. The van der Waals surface area contributed by atoms with Gasteiger partial charge >= 0.3 is 17.7 Å². The van der Waals surface area contributed by atoms with Crippen LogP contribution in [0.25, 0.3) is 0 Å². The Morgan fingerprint density at radius 2 is 1.62 bits per heavy atom. The Balaban J connectivity index is 2.29. The number of esters is 1. The molecule has 0 radical (unpaired) electrons. The van der Waals surface area contributed by atoms with Crippen LogP contribution in [-0.4, -0.2) is 18.1 Å². The van der Waals surface area contributed by atoms with Crippen molar-refractivity contribution < 1.29 is 27.5 Å². The summed E-state index contributed by atoms with van der Waals surface area (Å²) in [6.07, 6.45) is -5.10. The lowest BCUT2D eigenvalue weighted by Crippen LogP contribution is -2.52. The molecule has 4 nitrogen and oxygen atoms in total. The van der Waals surface area contributed by atoms with Crippen LogP contribution in [0.5, 0.6) is 0 Å². The normalized spacial score (nSPS) is 20.0. The van der Waals surface area contributed by atoms with Crippen LogP contribution in [0.1, 0.15) is 12.5 Å². The van der Waals surface area contributed by atoms with Crippen LogP contribution in [0.3, 0.4) is 0 Å². The summed E-state index contributed by atoms with van der Waals surface area (Å²) in [5.74, 6) is -2.55. The lowest BCUT2D eigenvalue weighted by molar-refractivity contribution is -0.262. The van der Waals surface area contributed by atoms with E-state index in [4.69, 9.17) is 0 Å². The summed E-state index contributed by atoms with van der Waals surface area (Å²) in [5, 5.41) is 0. The molecule has 0 bridgehead atoms. The number of fused-ring (bicyclic) bond motifs is 1. The fraction of sp³-hybridized carbons (Fsp3) is 0.176. The molecular weight excluding hydrogens is 323 g/mol. The molecule has 1 aliphatic rings. The van der Waals surface area contributed by atoms with Crippen molar-refractivity contribution in [1.82, 2.24) is 0 Å². The fourth-order valence-corrected chi connectivity index (χ4v) is 2.83. The van der Waals surface area contributed by atoms with Crippen LogP contribution in [0.2, 0.25) is 0 Å². The van der Waals surface area contributed by atoms with Gasteiger partial charge in [0.25, 0.3) is 5.91 Å². The first kappa shape index (κ1) is 16.0. The predicted octanol–water partition coefficient (Wildman–Crippen LogP) is 3.69. The van der Waals surface area contributed by atoms with E-state index in [-0.39, 0.29) is 11.4 Å². The monoisotopic (exact) mass is 335 g/mol. The van der Waals surface area contributed by atoms with E-state index in [0.717, 1.165) is 17.9 Å². The van der Waals surface area contributed by atoms with Crippen LogP contribution in [0.15, 0.2) is 54.6 Å². The first-order chi connectivity index (χ1) is 11.3. The summed E-state index contributed by atoms with van der Waals surface area (Å²) < 4.78 is 46.2. The average Bonchev–Trinajstić information content (AvgIpc) is 2.77. The topological polar surface area (TPSA) is 46.6 Å². The van der Waals surface area contributed by atoms with Gasteiger partial charge in [0, 0.05) is 18.2 Å². The summed E-state index contributed by atoms with van der Waals surface area (Å²) in [4.78, 5) is 25.1. The van der Waals surface area contributed by atoms with Crippen LogP contribution < -0.4 is 4.90 Å². The molecule has 0 saturated carbocycles. The number of ether oxygens (including phenoxy) is 1. The van der Waals surface area contributed by atoms with Crippen molar-refractivity contribution in [3.8, 4) is 0 Å². The Kier molecular flexibility index (Phi) is 3.59. The van der Waals surface area contributed by atoms with Crippen molar-refractivity contribution in [2.45, 2.75) is 18.7 Å². The van der Waals surface area contributed by atoms with Crippen LogP contribution in [-0.2, 0) is 19.9 Å². The van der Waals surface area contributed by atoms with E-state index in [1.54, 1.807) is 18.2 Å². The molecule has 1 atom stereocenters. The van der Waals surface area contributed by atoms with Crippen molar-refractivity contribution in [3.05, 3.63) is 60.2 Å². The number of alkyl halides is 3. The zero-order chi connectivity index (χ0) is 17.5. The molecule has 24 heavy (non-hydrogen) atoms. The Labute approximate surface area is 135 Å². The molecule has 2 aromatic carbocycles. The van der Waals surface area contributed by atoms with E-state index in [1.165, 1.54) is 30.3 Å². The number of halogens is 3. The predicted molar refractivity (Wildman–Crippen MR) is 79.5 cm³/mol. The zero-order valence-electron chi connectivity index (χ0n) is 12.5. The highest BCUT2D eigenvalue weighted by Crippen LogP contribution is 2.53. The Morgan fingerprint density at radius 1 is 1.04 bits per heavy atom. The number of hydrogen-bond donors (Lipinski definition) is 0. The summed E-state index contributed by atoms with van der Waals surface area (Å²) in [6, 6.07) is 13.3. The maximum atomic E-state index is 13.9. The number of amides is 1. The molecule has 0 aromatic heterocycles. The second-order valence-electron chi connectivity index (χ2n) is 5.27. The van der Waals surface area contributed by atoms with Gasteiger partial charge < -0.3 is 4.74 Å². The Morgan fingerprint density at radius 3 is 2.21 bits per heavy atom. The van der Waals surface area contributed by atoms with E-state index >= 15 is 0 Å². The Bertz CT molecular complexity index is 804. The summed E-state index contributed by atoms with van der Waals surface area (Å²) in [6.45, 7) is 0.842. The summed E-state index contributed by atoms with van der Waals surface area (Å²) in [7, 11) is 0. The van der Waals surface area contributed by atoms with Crippen molar-refractivity contribution in [2.75, 3.05) is 4.90 Å². The number of anilines is 2. The van der Waals surface area contributed by atoms with Gasteiger partial charge in [0.2, 0.25) is 0 Å². The zero-order valence-corrected chi connectivity index (χ0v) is 12.5. The number of rotatable bonds is 2. The second kappa shape index (κ2) is 5.36. The Hall–Kier alpha value is -2.83. The molecule has 1 heterocycles. The molecule has 2 aromatic rings. The van der Waals surface area contributed by atoms with Crippen molar-refractivity contribution in [2.24, 2.45) is 0 Å². The minimum atomic E-state index is -5.10. The van der Waals surface area contributed by atoms with Crippen LogP contribution >= 0.6 is 0 Å². The van der Waals surface area contributed by atoms with Gasteiger partial charge in [-0.1, -0.05) is 36.4 Å². The van der Waals surface area contributed by atoms with E-state index in [2.05, 4.69) is 4.74 Å². The van der Waals surface area contributed by atoms with Crippen LogP contribution in [0.4, 0.5) is 24.5 Å². The minimum Gasteiger partial charge on any atom is -0.434 e. The summed E-state index contributed by atoms with van der Waals surface area (Å²) in [5.41, 5.74) is -3.45. The molecule has 0 N–H and O–H groups in total. The van der Waals surface area contributed by atoms with Gasteiger partial charge in [0.15, 0.2) is 0 Å². The molecule has 7 heteroatoms. The van der Waals surface area contributed by atoms with Gasteiger partial charge in [-0.3, -0.25) is 14.5 Å². The molecule has 124 valence electrons. The molecule has 0 aliphatic carbocycles. The third kappa shape index (κ3) is 2.16. The number of carbonyl (C=O) groups excluding carboxylic acids is 2. The highest BCUT2D eigenvalue weighted by atomic mass is 19.4. The van der Waals surface area contributed by atoms with Crippen molar-refractivity contribution in [1.29, 1.82) is 0 Å². The standard InChI is InChI=1S/C17H12F3NO3/c1-11(22)24-16(17(18,19)20)13-9-5-6-10-14(13)21(15(16)23)12-7-3-2-4-8-12/h2-10H,1H3. The molecule has 1 unspecified atom stereocenters. The third-order valence-electron chi connectivity index (χ3n) is 3.74. The van der Waals surface area contributed by atoms with Gasteiger partial charge in [0.1, 0.15) is 0 Å². The molecule has 1 aliphatic heterocycles. The van der Waals surface area contributed by atoms with Gasteiger partial charge in [-0.25, -0.2) is 0 Å². The first-order valence-electron chi connectivity index (χ1n) is 7.04. The first-order valence-corrected chi connectivity index (χ1v) is 7.04. The number of carbonyl (C=O) groups is 2. The minimum absolute atomic E-state index is 0.0345. The number of para-hydroxylation sites is 2. The lowest BCUT2D eigenvalue weighted by Gasteiger charge is -2.30.